The van der Waals surface area contributed by atoms with Crippen LogP contribution in [0.4, 0.5) is 0 Å². The molecule has 0 aliphatic carbocycles. The molecule has 170 valence electrons. The van der Waals surface area contributed by atoms with Gasteiger partial charge in [-0.3, -0.25) is 30.6 Å². The molecule has 1 unspecified atom stereocenters. The van der Waals surface area contributed by atoms with Gasteiger partial charge in [0, 0.05) is 25.6 Å². The van der Waals surface area contributed by atoms with E-state index in [1.807, 2.05) is 0 Å². The molecule has 2 aromatic rings. The number of furan rings is 1. The zero-order chi connectivity index (χ0) is 22.9. The number of ether oxygens (including phenoxy) is 2. The summed E-state index contributed by atoms with van der Waals surface area (Å²) >= 11 is 5.06. The molecule has 2 heterocycles. The number of nitrogens with one attached hydrogen (secondary N) is 3. The monoisotopic (exact) mass is 460 g/mol. The summed E-state index contributed by atoms with van der Waals surface area (Å²) in [4.78, 5) is 38.4. The van der Waals surface area contributed by atoms with Gasteiger partial charge in [0.1, 0.15) is 18.1 Å². The van der Waals surface area contributed by atoms with Crippen molar-refractivity contribution in [1.29, 1.82) is 0 Å². The number of carbonyl (C=O) groups excluding carboxylic acids is 3. The maximum Gasteiger partial charge on any atom is 0.257 e. The van der Waals surface area contributed by atoms with Crippen LogP contribution in [0.15, 0.2) is 47.1 Å². The fraction of sp³-hybridized carbons (Fsp3) is 0.333. The van der Waals surface area contributed by atoms with Gasteiger partial charge in [-0.2, -0.15) is 0 Å². The number of hydrogen-bond donors (Lipinski definition) is 3. The average Bonchev–Trinajstić information content (AvgIpc) is 3.43. The smallest absolute Gasteiger partial charge is 0.257 e. The predicted molar refractivity (Wildman–Crippen MR) is 117 cm³/mol. The Labute approximate surface area is 190 Å². The van der Waals surface area contributed by atoms with Crippen LogP contribution in [-0.4, -0.2) is 54.6 Å². The minimum absolute atomic E-state index is 0.0689. The first-order valence-corrected chi connectivity index (χ1v) is 10.3. The lowest BCUT2D eigenvalue weighted by Crippen LogP contribution is -2.50. The number of benzene rings is 1. The Kier molecular flexibility index (Phi) is 8.17. The van der Waals surface area contributed by atoms with Crippen molar-refractivity contribution in [2.24, 2.45) is 5.92 Å². The van der Waals surface area contributed by atoms with Crippen molar-refractivity contribution in [3.8, 4) is 5.75 Å². The molecule has 1 atom stereocenters. The molecule has 3 N–H and O–H groups in total. The molecule has 3 amide bonds. The third kappa shape index (κ3) is 6.53. The van der Waals surface area contributed by atoms with Crippen molar-refractivity contribution in [3.05, 3.63) is 54.0 Å². The van der Waals surface area contributed by atoms with Crippen molar-refractivity contribution in [2.45, 2.75) is 13.0 Å². The second kappa shape index (κ2) is 11.3. The highest BCUT2D eigenvalue weighted by molar-refractivity contribution is 7.80. The van der Waals surface area contributed by atoms with Gasteiger partial charge >= 0.3 is 0 Å². The maximum atomic E-state index is 12.4. The SMILES string of the molecule is COCCOc1ccc(C(=O)NC(=S)NNC(=O)C2CC(=O)N(Cc3ccco3)C2)cc1. The van der Waals surface area contributed by atoms with Gasteiger partial charge in [0.15, 0.2) is 5.11 Å². The summed E-state index contributed by atoms with van der Waals surface area (Å²) < 4.78 is 15.6. The van der Waals surface area contributed by atoms with E-state index >= 15 is 0 Å². The molecule has 0 bridgehead atoms. The largest absolute Gasteiger partial charge is 0.491 e. The lowest BCUT2D eigenvalue weighted by Gasteiger charge is -2.16. The molecule has 1 aliphatic rings. The van der Waals surface area contributed by atoms with E-state index < -0.39 is 17.7 Å². The van der Waals surface area contributed by atoms with E-state index in [9.17, 15) is 14.4 Å². The standard InChI is InChI=1S/C21H24N4O6S/c1-29-9-10-31-16-6-4-14(5-7-16)19(27)22-21(32)24-23-20(28)15-11-18(26)25(12-15)13-17-3-2-8-30-17/h2-8,15H,9-13H2,1H3,(H,23,28)(H2,22,24,27,32). The van der Waals surface area contributed by atoms with E-state index in [1.54, 1.807) is 48.4 Å². The summed E-state index contributed by atoms with van der Waals surface area (Å²) in [5.74, 6) is -0.244. The Balaban J connectivity index is 1.40. The summed E-state index contributed by atoms with van der Waals surface area (Å²) in [6.07, 6.45) is 1.62. The molecule has 1 fully saturated rings. The van der Waals surface area contributed by atoms with Crippen molar-refractivity contribution < 1.29 is 28.3 Å². The minimum atomic E-state index is -0.533. The molecule has 1 saturated heterocycles. The minimum Gasteiger partial charge on any atom is -0.491 e. The molecule has 1 aromatic heterocycles. The van der Waals surface area contributed by atoms with Gasteiger partial charge in [0.2, 0.25) is 11.8 Å². The Morgan fingerprint density at radius 3 is 2.66 bits per heavy atom. The first-order chi connectivity index (χ1) is 15.5. The number of likely N-dealkylation sites (tertiary alicyclic amines) is 1. The maximum absolute atomic E-state index is 12.4. The third-order valence-corrected chi connectivity index (χ3v) is 4.92. The molecule has 1 aliphatic heterocycles. The normalized spacial score (nSPS) is 15.3. The van der Waals surface area contributed by atoms with Crippen LogP contribution in [0.25, 0.3) is 0 Å². The fourth-order valence-corrected chi connectivity index (χ4v) is 3.21. The number of hydrazine groups is 1. The van der Waals surface area contributed by atoms with Crippen molar-refractivity contribution >= 4 is 35.1 Å². The fourth-order valence-electron chi connectivity index (χ4n) is 3.06. The zero-order valence-corrected chi connectivity index (χ0v) is 18.3. The Morgan fingerprint density at radius 2 is 1.97 bits per heavy atom. The number of amides is 3. The molecule has 1 aromatic carbocycles. The number of hydrogen-bond acceptors (Lipinski definition) is 7. The van der Waals surface area contributed by atoms with Crippen molar-refractivity contribution in [2.75, 3.05) is 26.9 Å². The van der Waals surface area contributed by atoms with Gasteiger partial charge < -0.3 is 18.8 Å². The van der Waals surface area contributed by atoms with Crippen LogP contribution in [0.5, 0.6) is 5.75 Å². The molecule has 32 heavy (non-hydrogen) atoms. The van der Waals surface area contributed by atoms with Crippen molar-refractivity contribution in [1.82, 2.24) is 21.1 Å². The van der Waals surface area contributed by atoms with E-state index in [-0.39, 0.29) is 24.0 Å². The summed E-state index contributed by atoms with van der Waals surface area (Å²) in [5, 5.41) is 2.41. The highest BCUT2D eigenvalue weighted by atomic mass is 32.1. The quantitative estimate of drug-likeness (QED) is 0.303. The van der Waals surface area contributed by atoms with Crippen molar-refractivity contribution in [3.63, 3.8) is 0 Å². The molecule has 0 radical (unpaired) electrons. The molecule has 11 heteroatoms. The Bertz CT molecular complexity index is 948. The van der Waals surface area contributed by atoms with E-state index in [1.165, 1.54) is 6.26 Å². The average molecular weight is 461 g/mol. The van der Waals surface area contributed by atoms with Crippen LogP contribution < -0.4 is 20.9 Å². The second-order valence-corrected chi connectivity index (χ2v) is 7.43. The van der Waals surface area contributed by atoms with Crippen LogP contribution in [0.1, 0.15) is 22.5 Å². The van der Waals surface area contributed by atoms with Gasteiger partial charge in [-0.15, -0.1) is 0 Å². The topological polar surface area (TPSA) is 122 Å². The lowest BCUT2D eigenvalue weighted by molar-refractivity contribution is -0.129. The lowest BCUT2D eigenvalue weighted by atomic mass is 10.1. The summed E-state index contributed by atoms with van der Waals surface area (Å²) in [7, 11) is 1.58. The zero-order valence-electron chi connectivity index (χ0n) is 17.5. The molecule has 0 spiro atoms. The van der Waals surface area contributed by atoms with E-state index in [2.05, 4.69) is 16.2 Å². The number of carbonyl (C=O) groups is 3. The van der Waals surface area contributed by atoms with Gasteiger partial charge in [0.25, 0.3) is 5.91 Å². The molecule has 0 saturated carbocycles. The first kappa shape index (κ1) is 23.2. The molecule has 3 rings (SSSR count). The van der Waals surface area contributed by atoms with Gasteiger partial charge in [0.05, 0.1) is 25.3 Å². The van der Waals surface area contributed by atoms with Crippen LogP contribution in [0.2, 0.25) is 0 Å². The van der Waals surface area contributed by atoms with Crippen LogP contribution in [-0.2, 0) is 20.9 Å². The Hall–Kier alpha value is -3.44. The summed E-state index contributed by atoms with van der Waals surface area (Å²) in [6.45, 7) is 1.45. The third-order valence-electron chi connectivity index (χ3n) is 4.71. The van der Waals surface area contributed by atoms with Gasteiger partial charge in [-0.1, -0.05) is 0 Å². The molecular formula is C21H24N4O6S. The van der Waals surface area contributed by atoms with E-state index in [0.717, 1.165) is 0 Å². The predicted octanol–water partition coefficient (Wildman–Crippen LogP) is 0.989. The highest BCUT2D eigenvalue weighted by Crippen LogP contribution is 2.20. The first-order valence-electron chi connectivity index (χ1n) is 9.89. The number of methoxy groups -OCH3 is 1. The van der Waals surface area contributed by atoms with E-state index in [4.69, 9.17) is 26.1 Å². The molecule has 10 nitrogen and oxygen atoms in total. The van der Waals surface area contributed by atoms with Gasteiger partial charge in [-0.05, 0) is 48.6 Å². The number of thiocarbonyl (C=S) groups is 1. The van der Waals surface area contributed by atoms with Crippen LogP contribution in [0, 0.1) is 5.92 Å². The Morgan fingerprint density at radius 1 is 1.19 bits per heavy atom. The summed E-state index contributed by atoms with van der Waals surface area (Å²) in [6, 6.07) is 10.0. The molecular weight excluding hydrogens is 436 g/mol. The second-order valence-electron chi connectivity index (χ2n) is 7.02. The van der Waals surface area contributed by atoms with E-state index in [0.29, 0.717) is 36.8 Å². The van der Waals surface area contributed by atoms with Crippen LogP contribution >= 0.6 is 12.2 Å². The summed E-state index contributed by atoms with van der Waals surface area (Å²) in [5.41, 5.74) is 5.30. The highest BCUT2D eigenvalue weighted by Gasteiger charge is 2.34. The number of nitrogens with zero attached hydrogens (tertiary/aromatic N) is 1. The number of rotatable bonds is 8. The van der Waals surface area contributed by atoms with Gasteiger partial charge in [-0.25, -0.2) is 0 Å². The van der Waals surface area contributed by atoms with Crippen LogP contribution in [0.3, 0.4) is 0 Å².